The van der Waals surface area contributed by atoms with E-state index >= 15 is 0 Å². The second-order valence-corrected chi connectivity index (χ2v) is 7.43. The molecule has 0 radical (unpaired) electrons. The average molecular weight is 299 g/mol. The SMILES string of the molecule is Cc1ccnc(N2CCCS(=O)(=O)CC2)c1C(N)=S. The highest BCUT2D eigenvalue weighted by molar-refractivity contribution is 7.91. The van der Waals surface area contributed by atoms with Gasteiger partial charge < -0.3 is 10.6 Å². The lowest BCUT2D eigenvalue weighted by Crippen LogP contribution is -2.30. The second kappa shape index (κ2) is 5.42. The van der Waals surface area contributed by atoms with E-state index in [9.17, 15) is 8.42 Å². The number of hydrogen-bond donors (Lipinski definition) is 1. The third kappa shape index (κ3) is 3.22. The van der Waals surface area contributed by atoms with Crippen LogP contribution in [0.5, 0.6) is 0 Å². The molecule has 1 aliphatic heterocycles. The fourth-order valence-electron chi connectivity index (χ4n) is 2.24. The maximum atomic E-state index is 11.6. The van der Waals surface area contributed by atoms with E-state index in [0.717, 1.165) is 11.1 Å². The average Bonchev–Trinajstić information content (AvgIpc) is 2.49. The van der Waals surface area contributed by atoms with Gasteiger partial charge in [0.15, 0.2) is 9.84 Å². The van der Waals surface area contributed by atoms with Crippen LogP contribution in [0.2, 0.25) is 0 Å². The summed E-state index contributed by atoms with van der Waals surface area (Å²) < 4.78 is 23.3. The standard InChI is InChI=1S/C12H17N3O2S2/c1-9-3-4-14-12(10(9)11(13)18)15-5-2-7-19(16,17)8-6-15/h3-4H,2,5-8H2,1H3,(H2,13,18). The van der Waals surface area contributed by atoms with Gasteiger partial charge in [0, 0.05) is 19.3 Å². The molecule has 2 rings (SSSR count). The van der Waals surface area contributed by atoms with Crippen molar-refractivity contribution < 1.29 is 8.42 Å². The molecule has 0 aromatic carbocycles. The summed E-state index contributed by atoms with van der Waals surface area (Å²) in [5.74, 6) is 1.08. The van der Waals surface area contributed by atoms with Gasteiger partial charge in [-0.15, -0.1) is 0 Å². The molecule has 0 aliphatic carbocycles. The molecule has 2 N–H and O–H groups in total. The number of aryl methyl sites for hydroxylation is 1. The third-order valence-electron chi connectivity index (χ3n) is 3.24. The Morgan fingerprint density at radius 3 is 2.84 bits per heavy atom. The van der Waals surface area contributed by atoms with Crippen LogP contribution in [0.3, 0.4) is 0 Å². The second-order valence-electron chi connectivity index (χ2n) is 4.68. The zero-order valence-corrected chi connectivity index (χ0v) is 12.4. The van der Waals surface area contributed by atoms with Crippen LogP contribution in [0, 0.1) is 6.92 Å². The first kappa shape index (κ1) is 14.2. The van der Waals surface area contributed by atoms with Gasteiger partial charge in [0.1, 0.15) is 10.8 Å². The van der Waals surface area contributed by atoms with E-state index < -0.39 is 9.84 Å². The van der Waals surface area contributed by atoms with Gasteiger partial charge >= 0.3 is 0 Å². The van der Waals surface area contributed by atoms with E-state index in [2.05, 4.69) is 4.98 Å². The van der Waals surface area contributed by atoms with Gasteiger partial charge in [-0.2, -0.15) is 0 Å². The lowest BCUT2D eigenvalue weighted by Gasteiger charge is -2.24. The fraction of sp³-hybridized carbons (Fsp3) is 0.500. The van der Waals surface area contributed by atoms with Crippen LogP contribution in [-0.2, 0) is 9.84 Å². The van der Waals surface area contributed by atoms with Crippen LogP contribution in [0.1, 0.15) is 17.5 Å². The summed E-state index contributed by atoms with van der Waals surface area (Å²) in [4.78, 5) is 6.60. The minimum absolute atomic E-state index is 0.152. The summed E-state index contributed by atoms with van der Waals surface area (Å²) in [7, 11) is -2.94. The zero-order valence-electron chi connectivity index (χ0n) is 10.8. The van der Waals surface area contributed by atoms with E-state index in [-0.39, 0.29) is 11.5 Å². The molecule has 0 saturated carbocycles. The summed E-state index contributed by atoms with van der Waals surface area (Å²) >= 11 is 5.08. The molecule has 19 heavy (non-hydrogen) atoms. The molecule has 0 amide bonds. The van der Waals surface area contributed by atoms with Crippen LogP contribution < -0.4 is 10.6 Å². The van der Waals surface area contributed by atoms with Gasteiger partial charge in [-0.05, 0) is 25.0 Å². The summed E-state index contributed by atoms with van der Waals surface area (Å²) in [5, 5.41) is 0. The van der Waals surface area contributed by atoms with Crippen LogP contribution >= 0.6 is 12.2 Å². The highest BCUT2D eigenvalue weighted by Gasteiger charge is 2.22. The Morgan fingerprint density at radius 2 is 2.16 bits per heavy atom. The van der Waals surface area contributed by atoms with Crippen molar-refractivity contribution in [1.29, 1.82) is 0 Å². The van der Waals surface area contributed by atoms with E-state index in [0.29, 0.717) is 30.3 Å². The Bertz CT molecular complexity index is 599. The van der Waals surface area contributed by atoms with Crippen molar-refractivity contribution in [1.82, 2.24) is 4.98 Å². The Hall–Kier alpha value is -1.21. The number of nitrogens with two attached hydrogens (primary N) is 1. The minimum Gasteiger partial charge on any atom is -0.389 e. The molecule has 0 bridgehead atoms. The van der Waals surface area contributed by atoms with Crippen LogP contribution in [-0.4, -0.2) is 43.0 Å². The number of aromatic nitrogens is 1. The molecular formula is C12H17N3O2S2. The van der Waals surface area contributed by atoms with Gasteiger partial charge in [0.25, 0.3) is 0 Å². The molecule has 0 atom stereocenters. The normalized spacial score (nSPS) is 18.9. The summed E-state index contributed by atoms with van der Waals surface area (Å²) in [6.07, 6.45) is 2.31. The van der Waals surface area contributed by atoms with Crippen molar-refractivity contribution in [2.75, 3.05) is 29.5 Å². The maximum Gasteiger partial charge on any atom is 0.152 e. The maximum absolute atomic E-state index is 11.6. The fourth-order valence-corrected chi connectivity index (χ4v) is 3.76. The molecule has 0 spiro atoms. The lowest BCUT2D eigenvalue weighted by atomic mass is 10.1. The van der Waals surface area contributed by atoms with E-state index in [4.69, 9.17) is 18.0 Å². The highest BCUT2D eigenvalue weighted by Crippen LogP contribution is 2.22. The molecule has 5 nitrogen and oxygen atoms in total. The van der Waals surface area contributed by atoms with Gasteiger partial charge in [0.05, 0.1) is 17.1 Å². The molecule has 0 unspecified atom stereocenters. The van der Waals surface area contributed by atoms with Gasteiger partial charge in [0.2, 0.25) is 0 Å². The molecule has 1 aromatic rings. The van der Waals surface area contributed by atoms with Crippen molar-refractivity contribution in [3.05, 3.63) is 23.4 Å². The summed E-state index contributed by atoms with van der Waals surface area (Å²) in [6, 6.07) is 1.85. The molecule has 7 heteroatoms. The van der Waals surface area contributed by atoms with Gasteiger partial charge in [-0.3, -0.25) is 0 Å². The number of pyridine rings is 1. The summed E-state index contributed by atoms with van der Waals surface area (Å²) in [6.45, 7) is 3.02. The molecule has 1 aromatic heterocycles. The highest BCUT2D eigenvalue weighted by atomic mass is 32.2. The molecular weight excluding hydrogens is 282 g/mol. The van der Waals surface area contributed by atoms with Gasteiger partial charge in [-0.1, -0.05) is 12.2 Å². The molecule has 1 saturated heterocycles. The van der Waals surface area contributed by atoms with Crippen molar-refractivity contribution in [3.8, 4) is 0 Å². The Morgan fingerprint density at radius 1 is 1.42 bits per heavy atom. The van der Waals surface area contributed by atoms with Crippen molar-refractivity contribution in [2.24, 2.45) is 5.73 Å². The molecule has 1 aliphatic rings. The van der Waals surface area contributed by atoms with E-state index in [1.54, 1.807) is 6.20 Å². The van der Waals surface area contributed by atoms with Crippen molar-refractivity contribution >= 4 is 32.9 Å². The number of thiocarbonyl (C=S) groups is 1. The Kier molecular flexibility index (Phi) is 4.05. The Balaban J connectivity index is 2.37. The predicted octanol–water partition coefficient (Wildman–Crippen LogP) is 0.649. The van der Waals surface area contributed by atoms with Crippen LogP contribution in [0.4, 0.5) is 5.82 Å². The number of nitrogens with zero attached hydrogens (tertiary/aromatic N) is 2. The predicted molar refractivity (Wildman–Crippen MR) is 80.3 cm³/mol. The number of sulfone groups is 1. The first-order valence-corrected chi connectivity index (χ1v) is 8.34. The van der Waals surface area contributed by atoms with Gasteiger partial charge in [-0.25, -0.2) is 13.4 Å². The van der Waals surface area contributed by atoms with Crippen molar-refractivity contribution in [3.63, 3.8) is 0 Å². The largest absolute Gasteiger partial charge is 0.389 e. The van der Waals surface area contributed by atoms with Crippen LogP contribution in [0.15, 0.2) is 12.3 Å². The smallest absolute Gasteiger partial charge is 0.152 e. The minimum atomic E-state index is -2.94. The number of anilines is 1. The third-order valence-corrected chi connectivity index (χ3v) is 5.16. The molecule has 104 valence electrons. The van der Waals surface area contributed by atoms with E-state index in [1.807, 2.05) is 17.9 Å². The lowest BCUT2D eigenvalue weighted by molar-refractivity contribution is 0.597. The first-order valence-electron chi connectivity index (χ1n) is 6.11. The van der Waals surface area contributed by atoms with Crippen molar-refractivity contribution in [2.45, 2.75) is 13.3 Å². The van der Waals surface area contributed by atoms with Crippen LogP contribution in [0.25, 0.3) is 0 Å². The monoisotopic (exact) mass is 299 g/mol. The number of hydrogen-bond acceptors (Lipinski definition) is 5. The zero-order chi connectivity index (χ0) is 14.0. The first-order chi connectivity index (χ1) is 8.91. The number of rotatable bonds is 2. The summed E-state index contributed by atoms with van der Waals surface area (Å²) in [5.41, 5.74) is 7.47. The topological polar surface area (TPSA) is 76.3 Å². The quantitative estimate of drug-likeness (QED) is 0.808. The Labute approximate surface area is 118 Å². The molecule has 2 heterocycles. The van der Waals surface area contributed by atoms with E-state index in [1.165, 1.54) is 0 Å². The molecule has 1 fully saturated rings.